The Morgan fingerprint density at radius 1 is 1.43 bits per heavy atom. The quantitative estimate of drug-likeness (QED) is 0.728. The molecule has 0 aliphatic heterocycles. The van der Waals surface area contributed by atoms with E-state index in [0.29, 0.717) is 5.11 Å². The molecule has 1 aromatic carbocycles. The standard InChI is InChI=1S/C10H15N3S/c1-7-4-5-8(13(2)3)6-9(7)12-10(11)14/h4-6H,1-3H3,(H3,11,12,14). The van der Waals surface area contributed by atoms with Crippen molar-refractivity contribution in [2.45, 2.75) is 6.92 Å². The van der Waals surface area contributed by atoms with Crippen LogP contribution >= 0.6 is 12.2 Å². The van der Waals surface area contributed by atoms with Gasteiger partial charge < -0.3 is 16.0 Å². The molecule has 0 radical (unpaired) electrons. The third kappa shape index (κ3) is 2.60. The summed E-state index contributed by atoms with van der Waals surface area (Å²) in [5, 5.41) is 3.25. The maximum Gasteiger partial charge on any atom is 0.168 e. The Morgan fingerprint density at radius 3 is 2.57 bits per heavy atom. The number of anilines is 2. The molecule has 1 rings (SSSR count). The first-order valence-corrected chi connectivity index (χ1v) is 4.76. The number of thiocarbonyl (C=S) groups is 1. The van der Waals surface area contributed by atoms with Crippen molar-refractivity contribution in [1.29, 1.82) is 0 Å². The summed E-state index contributed by atoms with van der Waals surface area (Å²) in [6, 6.07) is 6.12. The SMILES string of the molecule is Cc1ccc(N(C)C)cc1NC(N)=S. The smallest absolute Gasteiger partial charge is 0.168 e. The topological polar surface area (TPSA) is 41.3 Å². The van der Waals surface area contributed by atoms with Gasteiger partial charge in [0, 0.05) is 25.5 Å². The van der Waals surface area contributed by atoms with Crippen molar-refractivity contribution < 1.29 is 0 Å². The summed E-state index contributed by atoms with van der Waals surface area (Å²) in [6.07, 6.45) is 0. The third-order valence-electron chi connectivity index (χ3n) is 2.00. The van der Waals surface area contributed by atoms with Gasteiger partial charge in [-0.05, 0) is 36.8 Å². The highest BCUT2D eigenvalue weighted by atomic mass is 32.1. The molecule has 3 N–H and O–H groups in total. The molecule has 0 saturated carbocycles. The first-order chi connectivity index (χ1) is 6.50. The second-order valence-corrected chi connectivity index (χ2v) is 3.82. The number of hydrogen-bond acceptors (Lipinski definition) is 2. The fourth-order valence-corrected chi connectivity index (χ4v) is 1.27. The molecule has 4 heteroatoms. The Bertz CT molecular complexity index is 347. The molecule has 76 valence electrons. The van der Waals surface area contributed by atoms with Gasteiger partial charge >= 0.3 is 0 Å². The van der Waals surface area contributed by atoms with E-state index in [2.05, 4.69) is 11.4 Å². The molecule has 0 unspecified atom stereocenters. The van der Waals surface area contributed by atoms with Gasteiger partial charge in [-0.3, -0.25) is 0 Å². The van der Waals surface area contributed by atoms with Gasteiger partial charge in [0.05, 0.1) is 0 Å². The monoisotopic (exact) mass is 209 g/mol. The fraction of sp³-hybridized carbons (Fsp3) is 0.300. The molecule has 0 amide bonds. The number of nitrogens with two attached hydrogens (primary N) is 1. The van der Waals surface area contributed by atoms with Crippen LogP contribution in [0.2, 0.25) is 0 Å². The van der Waals surface area contributed by atoms with Crippen LogP contribution in [0.25, 0.3) is 0 Å². The van der Waals surface area contributed by atoms with E-state index in [1.165, 1.54) is 0 Å². The largest absolute Gasteiger partial charge is 0.378 e. The Hall–Kier alpha value is -1.29. The lowest BCUT2D eigenvalue weighted by Gasteiger charge is -2.15. The Balaban J connectivity index is 3.02. The van der Waals surface area contributed by atoms with Crippen LogP contribution in [0.15, 0.2) is 18.2 Å². The predicted molar refractivity (Wildman–Crippen MR) is 65.9 cm³/mol. The van der Waals surface area contributed by atoms with E-state index in [4.69, 9.17) is 18.0 Å². The second-order valence-electron chi connectivity index (χ2n) is 3.38. The number of rotatable bonds is 2. The molecule has 0 fully saturated rings. The van der Waals surface area contributed by atoms with Crippen LogP contribution in [0.5, 0.6) is 0 Å². The molecule has 0 atom stereocenters. The predicted octanol–water partition coefficient (Wildman–Crippen LogP) is 1.72. The van der Waals surface area contributed by atoms with E-state index in [-0.39, 0.29) is 0 Å². The maximum absolute atomic E-state index is 5.43. The molecule has 1 aromatic rings. The summed E-state index contributed by atoms with van der Waals surface area (Å²) in [7, 11) is 3.99. The van der Waals surface area contributed by atoms with Gasteiger partial charge in [0.25, 0.3) is 0 Å². The Kier molecular flexibility index (Phi) is 3.30. The summed E-state index contributed by atoms with van der Waals surface area (Å²) in [4.78, 5) is 2.03. The van der Waals surface area contributed by atoms with Crippen LogP contribution in [0.4, 0.5) is 11.4 Å². The van der Waals surface area contributed by atoms with Gasteiger partial charge in [0.15, 0.2) is 5.11 Å². The van der Waals surface area contributed by atoms with Crippen LogP contribution in [0.3, 0.4) is 0 Å². The van der Waals surface area contributed by atoms with Crippen LogP contribution in [-0.4, -0.2) is 19.2 Å². The van der Waals surface area contributed by atoms with E-state index in [9.17, 15) is 0 Å². The Morgan fingerprint density at radius 2 is 2.07 bits per heavy atom. The minimum absolute atomic E-state index is 0.295. The van der Waals surface area contributed by atoms with Crippen molar-refractivity contribution in [3.8, 4) is 0 Å². The van der Waals surface area contributed by atoms with Gasteiger partial charge in [-0.2, -0.15) is 0 Å². The first kappa shape index (κ1) is 10.8. The minimum atomic E-state index is 0.295. The van der Waals surface area contributed by atoms with E-state index < -0.39 is 0 Å². The average Bonchev–Trinajstić information content (AvgIpc) is 2.07. The maximum atomic E-state index is 5.43. The lowest BCUT2D eigenvalue weighted by atomic mass is 10.1. The summed E-state index contributed by atoms with van der Waals surface area (Å²) >= 11 is 4.80. The molecule has 0 bridgehead atoms. The van der Waals surface area contributed by atoms with Crippen molar-refractivity contribution >= 4 is 28.7 Å². The second kappa shape index (κ2) is 4.28. The fourth-order valence-electron chi connectivity index (χ4n) is 1.16. The van der Waals surface area contributed by atoms with E-state index in [1.54, 1.807) is 0 Å². The zero-order chi connectivity index (χ0) is 10.7. The summed E-state index contributed by atoms with van der Waals surface area (Å²) in [6.45, 7) is 2.01. The average molecular weight is 209 g/mol. The zero-order valence-corrected chi connectivity index (χ0v) is 9.48. The molecule has 3 nitrogen and oxygen atoms in total. The number of nitrogens with one attached hydrogen (secondary N) is 1. The molecular formula is C10H15N3S. The van der Waals surface area contributed by atoms with Crippen molar-refractivity contribution in [3.63, 3.8) is 0 Å². The first-order valence-electron chi connectivity index (χ1n) is 4.35. The van der Waals surface area contributed by atoms with Gasteiger partial charge in [0.2, 0.25) is 0 Å². The van der Waals surface area contributed by atoms with Gasteiger partial charge in [-0.1, -0.05) is 6.07 Å². The number of nitrogens with zero attached hydrogens (tertiary/aromatic N) is 1. The van der Waals surface area contributed by atoms with Crippen LogP contribution in [0, 0.1) is 6.92 Å². The van der Waals surface area contributed by atoms with Crippen LogP contribution < -0.4 is 16.0 Å². The lowest BCUT2D eigenvalue weighted by Crippen LogP contribution is -2.20. The highest BCUT2D eigenvalue weighted by molar-refractivity contribution is 7.80. The molecule has 0 aliphatic carbocycles. The van der Waals surface area contributed by atoms with E-state index in [0.717, 1.165) is 16.9 Å². The summed E-state index contributed by atoms with van der Waals surface area (Å²) < 4.78 is 0. The van der Waals surface area contributed by atoms with Crippen molar-refractivity contribution in [2.75, 3.05) is 24.3 Å². The third-order valence-corrected chi connectivity index (χ3v) is 2.10. The van der Waals surface area contributed by atoms with Crippen molar-refractivity contribution in [3.05, 3.63) is 23.8 Å². The van der Waals surface area contributed by atoms with E-state index >= 15 is 0 Å². The van der Waals surface area contributed by atoms with Crippen molar-refractivity contribution in [2.24, 2.45) is 5.73 Å². The molecule has 0 aromatic heterocycles. The minimum Gasteiger partial charge on any atom is -0.378 e. The zero-order valence-electron chi connectivity index (χ0n) is 8.66. The molecular weight excluding hydrogens is 194 g/mol. The van der Waals surface area contributed by atoms with Gasteiger partial charge in [-0.25, -0.2) is 0 Å². The van der Waals surface area contributed by atoms with E-state index in [1.807, 2.05) is 38.1 Å². The van der Waals surface area contributed by atoms with Crippen LogP contribution in [0.1, 0.15) is 5.56 Å². The molecule has 0 aliphatic rings. The highest BCUT2D eigenvalue weighted by Gasteiger charge is 2.01. The van der Waals surface area contributed by atoms with Gasteiger partial charge in [-0.15, -0.1) is 0 Å². The lowest BCUT2D eigenvalue weighted by molar-refractivity contribution is 1.13. The highest BCUT2D eigenvalue weighted by Crippen LogP contribution is 2.21. The molecule has 14 heavy (non-hydrogen) atoms. The summed E-state index contributed by atoms with van der Waals surface area (Å²) in [5.74, 6) is 0. The Labute approximate surface area is 89.9 Å². The number of benzene rings is 1. The number of hydrogen-bond donors (Lipinski definition) is 2. The van der Waals surface area contributed by atoms with Crippen LogP contribution in [-0.2, 0) is 0 Å². The molecule has 0 spiro atoms. The van der Waals surface area contributed by atoms with Gasteiger partial charge in [0.1, 0.15) is 0 Å². The molecule has 0 saturated heterocycles. The number of aryl methyl sites for hydroxylation is 1. The van der Waals surface area contributed by atoms with Crippen molar-refractivity contribution in [1.82, 2.24) is 0 Å². The summed E-state index contributed by atoms with van der Waals surface area (Å²) in [5.41, 5.74) is 8.64. The normalized spacial score (nSPS) is 9.64. The molecule has 0 heterocycles.